The van der Waals surface area contributed by atoms with Crippen LogP contribution in [0.4, 0.5) is 17.1 Å². The van der Waals surface area contributed by atoms with Crippen LogP contribution in [0.2, 0.25) is 0 Å². The number of carbonyl (C=O) groups excluding carboxylic acids is 3. The van der Waals surface area contributed by atoms with E-state index < -0.39 is 0 Å². The zero-order valence-electron chi connectivity index (χ0n) is 44.5. The number of aliphatic hydroxyl groups is 1. The number of anilines is 3. The normalized spacial score (nSPS) is 12.6. The summed E-state index contributed by atoms with van der Waals surface area (Å²) in [4.78, 5) is 49.3. The summed E-state index contributed by atoms with van der Waals surface area (Å²) < 4.78 is 1.92. The van der Waals surface area contributed by atoms with Crippen molar-refractivity contribution in [1.29, 1.82) is 0 Å². The molecule has 3 amide bonds. The van der Waals surface area contributed by atoms with Gasteiger partial charge in [-0.15, -0.1) is 20.4 Å². The first-order valence-corrected chi connectivity index (χ1v) is 28.5. The average molecular weight is 1100 g/mol. The highest BCUT2D eigenvalue weighted by Gasteiger charge is 2.20. The largest absolute Gasteiger partial charge is 0.392 e. The van der Waals surface area contributed by atoms with Gasteiger partial charge in [0.2, 0.25) is 17.7 Å². The van der Waals surface area contributed by atoms with Crippen LogP contribution < -0.4 is 16.0 Å². The molecule has 0 fully saturated rings. The molecule has 0 radical (unpaired) electrons. The molecule has 4 aromatic heterocycles. The van der Waals surface area contributed by atoms with Gasteiger partial charge in [0.05, 0.1) is 46.7 Å². The Morgan fingerprint density at radius 3 is 1.42 bits per heavy atom. The maximum atomic E-state index is 12.3. The van der Waals surface area contributed by atoms with E-state index >= 15 is 0 Å². The minimum absolute atomic E-state index is 0.0433. The Balaban J connectivity index is 0.000000170. The van der Waals surface area contributed by atoms with E-state index in [9.17, 15) is 19.5 Å². The summed E-state index contributed by atoms with van der Waals surface area (Å²) in [5.74, 6) is 2.24. The van der Waals surface area contributed by atoms with Gasteiger partial charge in [-0.25, -0.2) is 0 Å². The second-order valence-corrected chi connectivity index (χ2v) is 21.3. The number of aliphatic hydroxyl groups excluding tert-OH is 1. The van der Waals surface area contributed by atoms with Gasteiger partial charge < -0.3 is 25.6 Å². The summed E-state index contributed by atoms with van der Waals surface area (Å²) in [5, 5.41) is 45.5. The Kier molecular flexibility index (Phi) is 22.1. The molecule has 0 saturated heterocycles. The SMILES string of the molecule is CC(C)c1ccc(NC(=O)CSC2=NN=C(c3ccccn3)C2)cc1.CCc1ccc(NC(=O)CSC2=NN=C(c3ccccn3)C2)cc1.CCn1c(SCC(=O)Nc2ccc(C(C)C)cc2)nnc1-c1cc(CO)ccn1. The van der Waals surface area contributed by atoms with E-state index in [2.05, 4.69) is 96.1 Å². The molecule has 0 unspecified atom stereocenters. The van der Waals surface area contributed by atoms with Gasteiger partial charge in [0, 0.05) is 55.0 Å². The Morgan fingerprint density at radius 2 is 1.00 bits per heavy atom. The van der Waals surface area contributed by atoms with Crippen molar-refractivity contribution < 1.29 is 19.5 Å². The highest BCUT2D eigenvalue weighted by Crippen LogP contribution is 2.25. The maximum Gasteiger partial charge on any atom is 0.234 e. The number of rotatable bonds is 18. The molecular weight excluding hydrogens is 1040 g/mol. The van der Waals surface area contributed by atoms with Crippen LogP contribution in [0.15, 0.2) is 165 Å². The van der Waals surface area contributed by atoms with Crippen molar-refractivity contribution >= 4 is 91.6 Å². The van der Waals surface area contributed by atoms with Crippen molar-refractivity contribution in [2.75, 3.05) is 33.2 Å². The number of carbonyl (C=O) groups is 3. The van der Waals surface area contributed by atoms with Crippen molar-refractivity contribution in [2.45, 2.75) is 90.9 Å². The third kappa shape index (κ3) is 17.7. The van der Waals surface area contributed by atoms with E-state index in [1.165, 1.54) is 52.0 Å². The number of aryl methyl sites for hydroxylation is 1. The number of hydrogen-bond acceptors (Lipinski definition) is 16. The lowest BCUT2D eigenvalue weighted by Gasteiger charge is -2.09. The topological polar surface area (TPSA) is 226 Å². The predicted octanol–water partition coefficient (Wildman–Crippen LogP) is 11.3. The average Bonchev–Trinajstić information content (AvgIpc) is 4.26. The first-order chi connectivity index (χ1) is 37.9. The fraction of sp³-hybridized carbons (Fsp3) is 0.276. The van der Waals surface area contributed by atoms with Crippen LogP contribution >= 0.6 is 35.3 Å². The molecule has 2 aliphatic heterocycles. The molecule has 0 spiro atoms. The number of thioether (sulfide) groups is 3. The van der Waals surface area contributed by atoms with Gasteiger partial charge in [0.1, 0.15) is 15.8 Å². The summed E-state index contributed by atoms with van der Waals surface area (Å²) in [5.41, 5.74) is 10.9. The van der Waals surface area contributed by atoms with Gasteiger partial charge in [-0.05, 0) is 120 Å². The Morgan fingerprint density at radius 1 is 0.538 bits per heavy atom. The fourth-order valence-electron chi connectivity index (χ4n) is 7.48. The number of aromatic nitrogens is 6. The van der Waals surface area contributed by atoms with Crippen LogP contribution in [-0.2, 0) is 34.0 Å². The number of pyridine rings is 3. The molecule has 7 aromatic rings. The number of nitrogens with zero attached hydrogens (tertiary/aromatic N) is 10. The quantitative estimate of drug-likeness (QED) is 0.0589. The van der Waals surface area contributed by atoms with Gasteiger partial charge in [-0.1, -0.05) is 118 Å². The number of hydrogen-bond donors (Lipinski definition) is 4. The predicted molar refractivity (Wildman–Crippen MR) is 319 cm³/mol. The molecule has 0 bridgehead atoms. The molecule has 78 heavy (non-hydrogen) atoms. The minimum atomic E-state index is -0.0973. The summed E-state index contributed by atoms with van der Waals surface area (Å²) in [6, 6.07) is 38.7. The number of nitrogens with one attached hydrogen (secondary N) is 3. The maximum absolute atomic E-state index is 12.3. The van der Waals surface area contributed by atoms with Crippen molar-refractivity contribution in [1.82, 2.24) is 29.7 Å². The van der Waals surface area contributed by atoms with E-state index in [0.717, 1.165) is 61.9 Å². The molecule has 0 atom stereocenters. The van der Waals surface area contributed by atoms with E-state index in [4.69, 9.17) is 0 Å². The molecule has 2 aliphatic rings. The van der Waals surface area contributed by atoms with Crippen LogP contribution in [-0.4, -0.2) is 91.3 Å². The third-order valence-corrected chi connectivity index (χ3v) is 14.7. The lowest BCUT2D eigenvalue weighted by molar-refractivity contribution is -0.114. The zero-order valence-corrected chi connectivity index (χ0v) is 46.9. The van der Waals surface area contributed by atoms with Crippen LogP contribution in [0.5, 0.6) is 0 Å². The van der Waals surface area contributed by atoms with Gasteiger partial charge in [0.15, 0.2) is 11.0 Å². The highest BCUT2D eigenvalue weighted by molar-refractivity contribution is 8.14. The molecule has 4 N–H and O–H groups in total. The Labute approximate surface area is 467 Å². The van der Waals surface area contributed by atoms with Gasteiger partial charge in [0.25, 0.3) is 0 Å². The molecule has 0 aliphatic carbocycles. The fourth-order valence-corrected chi connectivity index (χ4v) is 9.70. The molecule has 402 valence electrons. The van der Waals surface area contributed by atoms with Gasteiger partial charge in [-0.2, -0.15) is 10.2 Å². The van der Waals surface area contributed by atoms with E-state index in [1.54, 1.807) is 30.7 Å². The van der Waals surface area contributed by atoms with Crippen LogP contribution in [0.1, 0.15) is 99.9 Å². The Bertz CT molecular complexity index is 3220. The number of amides is 3. The first kappa shape index (κ1) is 58.0. The van der Waals surface area contributed by atoms with Crippen LogP contribution in [0, 0.1) is 0 Å². The highest BCUT2D eigenvalue weighted by atomic mass is 32.2. The van der Waals surface area contributed by atoms with E-state index in [-0.39, 0.29) is 30.1 Å². The smallest absolute Gasteiger partial charge is 0.234 e. The van der Waals surface area contributed by atoms with E-state index in [0.29, 0.717) is 59.4 Å². The monoisotopic (exact) mass is 1100 g/mol. The second-order valence-electron chi connectivity index (χ2n) is 18.2. The summed E-state index contributed by atoms with van der Waals surface area (Å²) in [6.45, 7) is 13.2. The van der Waals surface area contributed by atoms with Gasteiger partial charge in [-0.3, -0.25) is 29.3 Å². The number of benzene rings is 3. The van der Waals surface area contributed by atoms with E-state index in [1.807, 2.05) is 121 Å². The molecule has 9 rings (SSSR count). The van der Waals surface area contributed by atoms with Crippen molar-refractivity contribution in [3.8, 4) is 11.5 Å². The van der Waals surface area contributed by atoms with Crippen LogP contribution in [0.25, 0.3) is 11.5 Å². The minimum Gasteiger partial charge on any atom is -0.392 e. The Hall–Kier alpha value is -7.65. The lowest BCUT2D eigenvalue weighted by Crippen LogP contribution is -2.15. The van der Waals surface area contributed by atoms with Crippen molar-refractivity contribution in [2.24, 2.45) is 20.4 Å². The zero-order chi connectivity index (χ0) is 55.2. The second kappa shape index (κ2) is 29.8. The summed E-state index contributed by atoms with van der Waals surface area (Å²) in [6.07, 6.45) is 7.35. The lowest BCUT2D eigenvalue weighted by atomic mass is 10.0. The molecule has 0 saturated carbocycles. The first-order valence-electron chi connectivity index (χ1n) is 25.5. The molecule has 20 heteroatoms. The van der Waals surface area contributed by atoms with Crippen molar-refractivity contribution in [3.63, 3.8) is 0 Å². The standard InChI is InChI=1S/C21H25N5O2S.C19H20N4OS.C18H18N4OS/c1-4-26-20(18-11-15(12-27)9-10-22-18)24-25-21(26)29-13-19(28)23-17-7-5-16(6-8-17)14(2)3;1-13(2)14-6-8-15(9-7-14)21-18(24)12-25-19-11-17(22-23-19)16-5-3-4-10-20-16;1-2-13-6-8-14(9-7-13)20-17(23)12-24-18-11-16(21-22-18)15-5-3-4-10-19-15/h5-11,14,27H,4,12-13H2,1-3H3,(H,23,28);3-10,13H,11-12H2,1-2H3,(H,21,24);3-10H,2,11-12H2,1H3,(H,20,23). The third-order valence-electron chi connectivity index (χ3n) is 11.8. The molecule has 3 aromatic carbocycles. The molecular formula is C58H63N13O4S3. The van der Waals surface area contributed by atoms with Gasteiger partial charge >= 0.3 is 0 Å². The summed E-state index contributed by atoms with van der Waals surface area (Å²) >= 11 is 4.16. The molecule has 6 heterocycles. The van der Waals surface area contributed by atoms with Crippen molar-refractivity contribution in [3.05, 3.63) is 174 Å². The summed E-state index contributed by atoms with van der Waals surface area (Å²) in [7, 11) is 0. The van der Waals surface area contributed by atoms with Crippen LogP contribution in [0.3, 0.4) is 0 Å². The molecule has 17 nitrogen and oxygen atoms in total.